The first-order chi connectivity index (χ1) is 10.1. The predicted octanol–water partition coefficient (Wildman–Crippen LogP) is 2.46. The molecule has 1 aromatic heterocycles. The molecule has 2 aromatic rings. The Bertz CT molecular complexity index is 625. The van der Waals surface area contributed by atoms with Crippen LogP contribution >= 0.6 is 11.6 Å². The molecule has 0 saturated heterocycles. The Hall–Kier alpha value is -2.08. The van der Waals surface area contributed by atoms with E-state index in [1.54, 1.807) is 14.0 Å². The molecular formula is C14H18ClN5O. The minimum absolute atomic E-state index is 0.0249. The van der Waals surface area contributed by atoms with Gasteiger partial charge >= 0.3 is 0 Å². The number of halogens is 1. The molecule has 6 nitrogen and oxygen atoms in total. The molecule has 0 aliphatic heterocycles. The predicted molar refractivity (Wildman–Crippen MR) is 82.2 cm³/mol. The van der Waals surface area contributed by atoms with Gasteiger partial charge in [-0.3, -0.25) is 4.99 Å². The van der Waals surface area contributed by atoms with Crippen LogP contribution in [0.5, 0.6) is 0 Å². The average molecular weight is 308 g/mol. The van der Waals surface area contributed by atoms with E-state index in [9.17, 15) is 0 Å². The second-order valence-corrected chi connectivity index (χ2v) is 4.95. The SMILES string of the molecule is CN=C(NCc1noc(C)n1)NC(C)c1ccccc1Cl. The molecule has 1 heterocycles. The van der Waals surface area contributed by atoms with Gasteiger partial charge in [0.05, 0.1) is 12.6 Å². The fourth-order valence-electron chi connectivity index (χ4n) is 1.88. The lowest BCUT2D eigenvalue weighted by atomic mass is 10.1. The summed E-state index contributed by atoms with van der Waals surface area (Å²) < 4.78 is 4.92. The van der Waals surface area contributed by atoms with Gasteiger partial charge in [0.2, 0.25) is 5.89 Å². The zero-order chi connectivity index (χ0) is 15.2. The second-order valence-electron chi connectivity index (χ2n) is 4.54. The van der Waals surface area contributed by atoms with Crippen LogP contribution in [-0.4, -0.2) is 23.1 Å². The van der Waals surface area contributed by atoms with Gasteiger partial charge in [-0.2, -0.15) is 4.98 Å². The van der Waals surface area contributed by atoms with Crippen molar-refractivity contribution in [2.75, 3.05) is 7.05 Å². The molecule has 0 fully saturated rings. The Labute approximate surface area is 128 Å². The fraction of sp³-hybridized carbons (Fsp3) is 0.357. The van der Waals surface area contributed by atoms with Crippen LogP contribution in [-0.2, 0) is 6.54 Å². The van der Waals surface area contributed by atoms with Crippen LogP contribution in [0.3, 0.4) is 0 Å². The molecule has 0 bridgehead atoms. The van der Waals surface area contributed by atoms with Gasteiger partial charge in [0, 0.05) is 19.0 Å². The van der Waals surface area contributed by atoms with Crippen LogP contribution < -0.4 is 10.6 Å². The van der Waals surface area contributed by atoms with Crippen LogP contribution in [0.1, 0.15) is 30.2 Å². The number of guanidine groups is 1. The van der Waals surface area contributed by atoms with Gasteiger partial charge < -0.3 is 15.2 Å². The van der Waals surface area contributed by atoms with Gasteiger partial charge in [-0.15, -0.1) is 0 Å². The highest BCUT2D eigenvalue weighted by atomic mass is 35.5. The molecule has 1 atom stereocenters. The highest BCUT2D eigenvalue weighted by Gasteiger charge is 2.11. The van der Waals surface area contributed by atoms with Crippen molar-refractivity contribution in [3.63, 3.8) is 0 Å². The molecule has 0 aliphatic rings. The lowest BCUT2D eigenvalue weighted by molar-refractivity contribution is 0.386. The summed E-state index contributed by atoms with van der Waals surface area (Å²) in [5.74, 6) is 1.77. The second kappa shape index (κ2) is 7.08. The Kier molecular flexibility index (Phi) is 5.16. The smallest absolute Gasteiger partial charge is 0.223 e. The minimum Gasteiger partial charge on any atom is -0.350 e. The summed E-state index contributed by atoms with van der Waals surface area (Å²) >= 11 is 6.19. The monoisotopic (exact) mass is 307 g/mol. The van der Waals surface area contributed by atoms with E-state index in [0.29, 0.717) is 24.2 Å². The Morgan fingerprint density at radius 3 is 2.81 bits per heavy atom. The third kappa shape index (κ3) is 4.19. The molecule has 1 unspecified atom stereocenters. The number of aryl methyl sites for hydroxylation is 1. The summed E-state index contributed by atoms with van der Waals surface area (Å²) in [5.41, 5.74) is 1.01. The van der Waals surface area contributed by atoms with Crippen LogP contribution in [0, 0.1) is 6.92 Å². The van der Waals surface area contributed by atoms with Crippen LogP contribution in [0.15, 0.2) is 33.8 Å². The summed E-state index contributed by atoms with van der Waals surface area (Å²) in [6, 6.07) is 7.74. The number of benzene rings is 1. The van der Waals surface area contributed by atoms with Crippen LogP contribution in [0.25, 0.3) is 0 Å². The topological polar surface area (TPSA) is 75.3 Å². The maximum atomic E-state index is 6.19. The summed E-state index contributed by atoms with van der Waals surface area (Å²) in [7, 11) is 1.70. The normalized spacial score (nSPS) is 13.0. The van der Waals surface area contributed by atoms with Crippen LogP contribution in [0.4, 0.5) is 0 Å². The van der Waals surface area contributed by atoms with E-state index in [-0.39, 0.29) is 6.04 Å². The molecule has 2 N–H and O–H groups in total. The molecule has 1 aromatic carbocycles. The molecule has 7 heteroatoms. The van der Waals surface area contributed by atoms with Crippen molar-refractivity contribution in [2.45, 2.75) is 26.4 Å². The van der Waals surface area contributed by atoms with E-state index in [4.69, 9.17) is 16.1 Å². The Morgan fingerprint density at radius 1 is 1.43 bits per heavy atom. The quantitative estimate of drug-likeness (QED) is 0.670. The van der Waals surface area contributed by atoms with Gasteiger partial charge in [-0.1, -0.05) is 35.0 Å². The molecule has 2 rings (SSSR count). The first kappa shape index (κ1) is 15.3. The highest BCUT2D eigenvalue weighted by molar-refractivity contribution is 6.31. The van der Waals surface area contributed by atoms with E-state index < -0.39 is 0 Å². The van der Waals surface area contributed by atoms with Gasteiger partial charge in [-0.25, -0.2) is 0 Å². The lowest BCUT2D eigenvalue weighted by Gasteiger charge is -2.18. The van der Waals surface area contributed by atoms with Gasteiger partial charge in [0.25, 0.3) is 0 Å². The number of nitrogens with one attached hydrogen (secondary N) is 2. The first-order valence-corrected chi connectivity index (χ1v) is 6.98. The van der Waals surface area contributed by atoms with Gasteiger partial charge in [0.15, 0.2) is 11.8 Å². The zero-order valence-corrected chi connectivity index (χ0v) is 13.0. The fourth-order valence-corrected chi connectivity index (χ4v) is 2.18. The largest absolute Gasteiger partial charge is 0.350 e. The lowest BCUT2D eigenvalue weighted by Crippen LogP contribution is -2.38. The maximum Gasteiger partial charge on any atom is 0.223 e. The summed E-state index contributed by atoms with van der Waals surface area (Å²) in [6.45, 7) is 4.21. The number of hydrogen-bond acceptors (Lipinski definition) is 4. The van der Waals surface area contributed by atoms with Crippen molar-refractivity contribution in [3.8, 4) is 0 Å². The molecule has 21 heavy (non-hydrogen) atoms. The minimum atomic E-state index is 0.0249. The summed E-state index contributed by atoms with van der Waals surface area (Å²) in [5, 5.41) is 10.9. The van der Waals surface area contributed by atoms with E-state index in [1.807, 2.05) is 31.2 Å². The number of aliphatic imine (C=N–C) groups is 1. The Morgan fingerprint density at radius 2 is 2.19 bits per heavy atom. The molecule has 0 aliphatic carbocycles. The van der Waals surface area contributed by atoms with Crippen molar-refractivity contribution < 1.29 is 4.52 Å². The number of rotatable bonds is 4. The molecule has 0 saturated carbocycles. The van der Waals surface area contributed by atoms with Gasteiger partial charge in [-0.05, 0) is 18.6 Å². The van der Waals surface area contributed by atoms with Crippen molar-refractivity contribution >= 4 is 17.6 Å². The van der Waals surface area contributed by atoms with Gasteiger partial charge in [0.1, 0.15) is 0 Å². The number of hydrogen-bond donors (Lipinski definition) is 2. The zero-order valence-electron chi connectivity index (χ0n) is 12.2. The number of aromatic nitrogens is 2. The maximum absolute atomic E-state index is 6.19. The third-order valence-electron chi connectivity index (χ3n) is 2.93. The van der Waals surface area contributed by atoms with E-state index >= 15 is 0 Å². The Balaban J connectivity index is 1.95. The molecule has 0 amide bonds. The average Bonchev–Trinajstić information content (AvgIpc) is 2.89. The van der Waals surface area contributed by atoms with Crippen LogP contribution in [0.2, 0.25) is 5.02 Å². The van der Waals surface area contributed by atoms with Crippen molar-refractivity contribution in [3.05, 3.63) is 46.6 Å². The molecular weight excluding hydrogens is 290 g/mol. The number of nitrogens with zero attached hydrogens (tertiary/aromatic N) is 3. The molecule has 0 spiro atoms. The summed E-state index contributed by atoms with van der Waals surface area (Å²) in [6.07, 6.45) is 0. The van der Waals surface area contributed by atoms with Crippen molar-refractivity contribution in [1.82, 2.24) is 20.8 Å². The highest BCUT2D eigenvalue weighted by Crippen LogP contribution is 2.21. The molecule has 0 radical (unpaired) electrons. The summed E-state index contributed by atoms with van der Waals surface area (Å²) in [4.78, 5) is 8.29. The standard InChI is InChI=1S/C14H18ClN5O/c1-9(11-6-4-5-7-12(11)15)18-14(16-3)17-8-13-19-10(2)21-20-13/h4-7,9H,8H2,1-3H3,(H2,16,17,18). The molecule has 112 valence electrons. The third-order valence-corrected chi connectivity index (χ3v) is 3.28. The van der Waals surface area contributed by atoms with E-state index in [0.717, 1.165) is 10.6 Å². The van der Waals surface area contributed by atoms with Crippen molar-refractivity contribution in [2.24, 2.45) is 4.99 Å². The van der Waals surface area contributed by atoms with E-state index in [1.165, 1.54) is 0 Å². The van der Waals surface area contributed by atoms with Crippen molar-refractivity contribution in [1.29, 1.82) is 0 Å². The first-order valence-electron chi connectivity index (χ1n) is 6.61. The van der Waals surface area contributed by atoms with E-state index in [2.05, 4.69) is 25.8 Å².